The molecule has 136 valence electrons. The van der Waals surface area contributed by atoms with Gasteiger partial charge in [0.25, 0.3) is 5.91 Å². The summed E-state index contributed by atoms with van der Waals surface area (Å²) in [6.45, 7) is 1.82. The molecular formula is C19H17ClFNO4. The molecule has 0 heterocycles. The molecule has 2 aromatic rings. The van der Waals surface area contributed by atoms with Crippen molar-refractivity contribution >= 4 is 29.2 Å². The van der Waals surface area contributed by atoms with Gasteiger partial charge in [-0.15, -0.1) is 0 Å². The predicted molar refractivity (Wildman–Crippen MR) is 95.8 cm³/mol. The second-order valence-corrected chi connectivity index (χ2v) is 6.61. The number of rotatable bonds is 5. The predicted octanol–water partition coefficient (Wildman–Crippen LogP) is 4.67. The molecule has 0 bridgehead atoms. The summed E-state index contributed by atoms with van der Waals surface area (Å²) in [6.07, 6.45) is 3.21. The Hall–Kier alpha value is -2.60. The number of aromatic carboxylic acids is 1. The number of carbonyl (C=O) groups is 2. The van der Waals surface area contributed by atoms with Crippen LogP contribution >= 0.6 is 11.6 Å². The summed E-state index contributed by atoms with van der Waals surface area (Å²) in [5, 5.41) is 11.8. The standard InChI is InChI=1S/C19H17ClFNO4/c1-10-15(20)7-11(8-17(10)26-13-3-2-4-13)18(23)22-12-5-6-14(19(24)25)16(21)9-12/h5-9,13H,2-4H2,1H3,(H,22,23)(H,24,25). The summed E-state index contributed by atoms with van der Waals surface area (Å²) in [7, 11) is 0. The van der Waals surface area contributed by atoms with Gasteiger partial charge in [0.1, 0.15) is 11.6 Å². The van der Waals surface area contributed by atoms with Crippen molar-refractivity contribution in [3.05, 3.63) is 57.9 Å². The fraction of sp³-hybridized carbons (Fsp3) is 0.263. The lowest BCUT2D eigenvalue weighted by atomic mass is 9.96. The highest BCUT2D eigenvalue weighted by molar-refractivity contribution is 6.32. The second kappa shape index (κ2) is 7.33. The molecule has 1 aliphatic rings. The summed E-state index contributed by atoms with van der Waals surface area (Å²) >= 11 is 6.21. The number of anilines is 1. The molecule has 0 unspecified atom stereocenters. The van der Waals surface area contributed by atoms with Crippen LogP contribution in [-0.2, 0) is 0 Å². The molecule has 3 rings (SSSR count). The summed E-state index contributed by atoms with van der Waals surface area (Å²) < 4.78 is 19.6. The largest absolute Gasteiger partial charge is 0.490 e. The van der Waals surface area contributed by atoms with Crippen LogP contribution in [-0.4, -0.2) is 23.1 Å². The van der Waals surface area contributed by atoms with Gasteiger partial charge in [0.05, 0.1) is 11.7 Å². The lowest BCUT2D eigenvalue weighted by molar-refractivity contribution is 0.0691. The van der Waals surface area contributed by atoms with E-state index in [2.05, 4.69) is 5.32 Å². The number of hydrogen-bond acceptors (Lipinski definition) is 3. The number of carboxylic acids is 1. The summed E-state index contributed by atoms with van der Waals surface area (Å²) in [6, 6.07) is 6.51. The van der Waals surface area contributed by atoms with Crippen LogP contribution in [0.3, 0.4) is 0 Å². The summed E-state index contributed by atoms with van der Waals surface area (Å²) in [4.78, 5) is 23.3. The molecule has 0 spiro atoms. The number of benzene rings is 2. The van der Waals surface area contributed by atoms with Gasteiger partial charge in [-0.3, -0.25) is 4.79 Å². The third-order valence-electron chi connectivity index (χ3n) is 4.36. The van der Waals surface area contributed by atoms with Gasteiger partial charge >= 0.3 is 5.97 Å². The van der Waals surface area contributed by atoms with Crippen LogP contribution in [0.4, 0.5) is 10.1 Å². The van der Waals surface area contributed by atoms with Crippen LogP contribution < -0.4 is 10.1 Å². The van der Waals surface area contributed by atoms with Crippen LogP contribution in [0.1, 0.15) is 45.5 Å². The Labute approximate surface area is 154 Å². The summed E-state index contributed by atoms with van der Waals surface area (Å²) in [5.74, 6) is -2.23. The van der Waals surface area contributed by atoms with Crippen LogP contribution in [0.5, 0.6) is 5.75 Å². The van der Waals surface area contributed by atoms with Crippen LogP contribution in [0.25, 0.3) is 0 Å². The van der Waals surface area contributed by atoms with Gasteiger partial charge < -0.3 is 15.2 Å². The zero-order valence-corrected chi connectivity index (χ0v) is 14.8. The first-order valence-corrected chi connectivity index (χ1v) is 8.54. The molecule has 0 aliphatic heterocycles. The third-order valence-corrected chi connectivity index (χ3v) is 4.75. The third kappa shape index (κ3) is 3.80. The maximum absolute atomic E-state index is 13.8. The highest BCUT2D eigenvalue weighted by atomic mass is 35.5. The van der Waals surface area contributed by atoms with Gasteiger partial charge in [-0.2, -0.15) is 0 Å². The average molecular weight is 378 g/mol. The number of carbonyl (C=O) groups excluding carboxylic acids is 1. The van der Waals surface area contributed by atoms with Gasteiger partial charge in [0, 0.05) is 21.8 Å². The van der Waals surface area contributed by atoms with Gasteiger partial charge in [-0.05, 0) is 56.5 Å². The molecule has 7 heteroatoms. The topological polar surface area (TPSA) is 75.6 Å². The highest BCUT2D eigenvalue weighted by Gasteiger charge is 2.22. The molecule has 0 aromatic heterocycles. The Bertz CT molecular complexity index is 880. The van der Waals surface area contributed by atoms with Gasteiger partial charge in [0.2, 0.25) is 0 Å². The van der Waals surface area contributed by atoms with Crippen molar-refractivity contribution in [1.82, 2.24) is 0 Å². The Morgan fingerprint density at radius 3 is 2.58 bits per heavy atom. The lowest BCUT2D eigenvalue weighted by Gasteiger charge is -2.27. The van der Waals surface area contributed by atoms with Gasteiger partial charge in [-0.25, -0.2) is 9.18 Å². The minimum Gasteiger partial charge on any atom is -0.490 e. The number of hydrogen-bond donors (Lipinski definition) is 2. The van der Waals surface area contributed by atoms with Gasteiger partial charge in [0.15, 0.2) is 0 Å². The molecule has 1 amide bonds. The van der Waals surface area contributed by atoms with Crippen LogP contribution in [0, 0.1) is 12.7 Å². The first-order valence-electron chi connectivity index (χ1n) is 8.16. The van der Waals surface area contributed by atoms with Crippen LogP contribution in [0.15, 0.2) is 30.3 Å². The minimum atomic E-state index is -1.37. The monoisotopic (exact) mass is 377 g/mol. The number of amides is 1. The summed E-state index contributed by atoms with van der Waals surface area (Å²) in [5.41, 5.74) is 0.720. The first kappa shape index (κ1) is 18.2. The molecule has 2 N–H and O–H groups in total. The first-order chi connectivity index (χ1) is 12.3. The quantitative estimate of drug-likeness (QED) is 0.794. The van der Waals surface area contributed by atoms with E-state index in [1.165, 1.54) is 12.1 Å². The molecule has 2 aromatic carbocycles. The van der Waals surface area contributed by atoms with E-state index in [0.29, 0.717) is 10.8 Å². The molecular weight excluding hydrogens is 361 g/mol. The van der Waals surface area contributed by atoms with E-state index < -0.39 is 23.3 Å². The Balaban J connectivity index is 1.81. The number of carboxylic acid groups (broad SMARTS) is 1. The maximum Gasteiger partial charge on any atom is 0.338 e. The number of ether oxygens (including phenoxy) is 1. The SMILES string of the molecule is Cc1c(Cl)cc(C(=O)Nc2ccc(C(=O)O)c(F)c2)cc1OC1CCC1. The number of halogens is 2. The van der Waals surface area contributed by atoms with Crippen LogP contribution in [0.2, 0.25) is 5.02 Å². The fourth-order valence-corrected chi connectivity index (χ4v) is 2.76. The Kier molecular flexibility index (Phi) is 5.13. The number of nitrogens with one attached hydrogen (secondary N) is 1. The molecule has 5 nitrogen and oxygen atoms in total. The lowest BCUT2D eigenvalue weighted by Crippen LogP contribution is -2.25. The fourth-order valence-electron chi connectivity index (χ4n) is 2.54. The van der Waals surface area contributed by atoms with Crippen molar-refractivity contribution in [3.8, 4) is 5.75 Å². The molecule has 1 saturated carbocycles. The van der Waals surface area contributed by atoms with E-state index in [0.717, 1.165) is 37.0 Å². The zero-order chi connectivity index (χ0) is 18.8. The Morgan fingerprint density at radius 2 is 2.00 bits per heavy atom. The van der Waals surface area contributed by atoms with Gasteiger partial charge in [-0.1, -0.05) is 11.6 Å². The smallest absolute Gasteiger partial charge is 0.338 e. The molecule has 0 atom stereocenters. The molecule has 26 heavy (non-hydrogen) atoms. The second-order valence-electron chi connectivity index (χ2n) is 6.21. The maximum atomic E-state index is 13.8. The molecule has 1 fully saturated rings. The van der Waals surface area contributed by atoms with Crippen molar-refractivity contribution < 1.29 is 23.8 Å². The van der Waals surface area contributed by atoms with Crippen molar-refractivity contribution in [3.63, 3.8) is 0 Å². The van der Waals surface area contributed by atoms with Crippen molar-refractivity contribution in [2.24, 2.45) is 0 Å². The van der Waals surface area contributed by atoms with E-state index in [1.54, 1.807) is 6.07 Å². The van der Waals surface area contributed by atoms with E-state index in [9.17, 15) is 14.0 Å². The normalized spacial score (nSPS) is 13.8. The Morgan fingerprint density at radius 1 is 1.27 bits per heavy atom. The molecule has 0 radical (unpaired) electrons. The minimum absolute atomic E-state index is 0.140. The van der Waals surface area contributed by atoms with Crippen molar-refractivity contribution in [2.75, 3.05) is 5.32 Å². The van der Waals surface area contributed by atoms with Crippen molar-refractivity contribution in [2.45, 2.75) is 32.3 Å². The van der Waals surface area contributed by atoms with E-state index >= 15 is 0 Å². The molecule has 1 aliphatic carbocycles. The zero-order valence-electron chi connectivity index (χ0n) is 14.0. The molecule has 0 saturated heterocycles. The van der Waals surface area contributed by atoms with E-state index in [-0.39, 0.29) is 17.4 Å². The van der Waals surface area contributed by atoms with E-state index in [4.69, 9.17) is 21.4 Å². The average Bonchev–Trinajstić information content (AvgIpc) is 2.54. The highest BCUT2D eigenvalue weighted by Crippen LogP contribution is 2.32. The van der Waals surface area contributed by atoms with Crippen molar-refractivity contribution in [1.29, 1.82) is 0 Å². The van der Waals surface area contributed by atoms with E-state index in [1.807, 2.05) is 6.92 Å².